The van der Waals surface area contributed by atoms with Gasteiger partial charge < -0.3 is 24.7 Å². The molecule has 3 unspecified atom stereocenters. The van der Waals surface area contributed by atoms with Crippen LogP contribution in [0.3, 0.4) is 0 Å². The van der Waals surface area contributed by atoms with Gasteiger partial charge in [-0.15, -0.1) is 0 Å². The molecule has 1 aliphatic rings. The van der Waals surface area contributed by atoms with Gasteiger partial charge >= 0.3 is 5.97 Å². The third kappa shape index (κ3) is 4.49. The number of aliphatic hydroxyl groups is 1. The molecular weight excluding hydrogens is 418 g/mol. The van der Waals surface area contributed by atoms with Crippen molar-refractivity contribution in [1.82, 2.24) is 19.5 Å². The normalized spacial score (nSPS) is 23.6. The number of anilines is 1. The Balaban J connectivity index is 2.11. The monoisotopic (exact) mass is 449 g/mol. The molecule has 10 nitrogen and oxygen atoms in total. The molecule has 0 radical (unpaired) electrons. The average molecular weight is 450 g/mol. The fourth-order valence-corrected chi connectivity index (χ4v) is 4.44. The zero-order chi connectivity index (χ0) is 23.0. The van der Waals surface area contributed by atoms with Gasteiger partial charge in [-0.3, -0.25) is 4.57 Å². The van der Waals surface area contributed by atoms with E-state index in [1.807, 2.05) is 0 Å². The van der Waals surface area contributed by atoms with Crippen molar-refractivity contribution in [3.8, 4) is 0 Å². The van der Waals surface area contributed by atoms with Crippen molar-refractivity contribution in [2.45, 2.75) is 64.3 Å². The van der Waals surface area contributed by atoms with E-state index in [1.54, 1.807) is 17.8 Å². The van der Waals surface area contributed by atoms with Crippen molar-refractivity contribution < 1.29 is 23.8 Å². The Bertz CT molecular complexity index is 984. The first kappa shape index (κ1) is 23.3. The van der Waals surface area contributed by atoms with Gasteiger partial charge in [-0.1, -0.05) is 20.8 Å². The molecule has 2 aromatic heterocycles. The molecule has 0 aromatic carbocycles. The van der Waals surface area contributed by atoms with E-state index in [0.717, 1.165) is 0 Å². The minimum Gasteiger partial charge on any atom is -0.463 e. The van der Waals surface area contributed by atoms with E-state index in [0.29, 0.717) is 16.7 Å². The van der Waals surface area contributed by atoms with Crippen LogP contribution in [0.2, 0.25) is 18.1 Å². The first-order valence-electron chi connectivity index (χ1n) is 10.3. The molecule has 3 rings (SSSR count). The van der Waals surface area contributed by atoms with Crippen LogP contribution >= 0.6 is 0 Å². The average Bonchev–Trinajstić information content (AvgIpc) is 3.23. The molecule has 0 amide bonds. The molecule has 2 aromatic rings. The molecule has 0 saturated carbocycles. The van der Waals surface area contributed by atoms with Crippen LogP contribution in [0.5, 0.6) is 0 Å². The van der Waals surface area contributed by atoms with Crippen molar-refractivity contribution in [3.63, 3.8) is 0 Å². The van der Waals surface area contributed by atoms with Crippen molar-refractivity contribution in [2.75, 3.05) is 18.9 Å². The predicted molar refractivity (Wildman–Crippen MR) is 118 cm³/mol. The van der Waals surface area contributed by atoms with E-state index < -0.39 is 32.7 Å². The fourth-order valence-electron chi connectivity index (χ4n) is 3.20. The van der Waals surface area contributed by atoms with Gasteiger partial charge in [0, 0.05) is 6.08 Å². The number of hydrogen-bond donors (Lipinski definition) is 2. The molecule has 3 atom stereocenters. The Kier molecular flexibility index (Phi) is 6.51. The van der Waals surface area contributed by atoms with Crippen LogP contribution in [0, 0.1) is 0 Å². The van der Waals surface area contributed by atoms with E-state index in [4.69, 9.17) is 19.6 Å². The SMILES string of the molecule is CCOC(=O)/C=C1\C(CO)OC(n2cnc3c(N)ncnc32)C1O[Si](C)(C)C(C)(C)C. The van der Waals surface area contributed by atoms with Crippen LogP contribution in [0.1, 0.15) is 33.9 Å². The summed E-state index contributed by atoms with van der Waals surface area (Å²) in [6.45, 7) is 12.3. The number of carbonyl (C=O) groups is 1. The number of nitrogens with two attached hydrogens (primary N) is 1. The Hall–Kier alpha value is -2.34. The van der Waals surface area contributed by atoms with Gasteiger partial charge in [-0.25, -0.2) is 19.7 Å². The second kappa shape index (κ2) is 8.65. The van der Waals surface area contributed by atoms with Crippen LogP contribution in [0.15, 0.2) is 24.3 Å². The lowest BCUT2D eigenvalue weighted by atomic mass is 10.1. The Labute approximate surface area is 182 Å². The lowest BCUT2D eigenvalue weighted by Crippen LogP contribution is -2.45. The smallest absolute Gasteiger partial charge is 0.330 e. The topological polar surface area (TPSA) is 135 Å². The molecule has 170 valence electrons. The highest BCUT2D eigenvalue weighted by Gasteiger charge is 2.48. The summed E-state index contributed by atoms with van der Waals surface area (Å²) in [5.41, 5.74) is 7.39. The largest absolute Gasteiger partial charge is 0.463 e. The molecule has 3 N–H and O–H groups in total. The lowest BCUT2D eigenvalue weighted by molar-refractivity contribution is -0.137. The van der Waals surface area contributed by atoms with Gasteiger partial charge in [0.2, 0.25) is 0 Å². The predicted octanol–water partition coefficient (Wildman–Crippen LogP) is 2.18. The maximum Gasteiger partial charge on any atom is 0.330 e. The van der Waals surface area contributed by atoms with Crippen molar-refractivity contribution in [1.29, 1.82) is 0 Å². The summed E-state index contributed by atoms with van der Waals surface area (Å²) in [5, 5.41) is 9.91. The standard InChI is InChI=1S/C20H31N5O5Si/c1-7-28-14(27)8-12-13(9-26)29-19(16(12)30-31(5,6)20(2,3)4)25-11-24-15-17(21)22-10-23-18(15)25/h8,10-11,13,16,19,26H,7,9H2,1-6H3,(H2,21,22,23)/b12-8+. The molecule has 1 fully saturated rings. The quantitative estimate of drug-likeness (QED) is 0.386. The van der Waals surface area contributed by atoms with E-state index in [9.17, 15) is 9.90 Å². The third-order valence-corrected chi connectivity index (χ3v) is 10.3. The first-order chi connectivity index (χ1) is 14.5. The number of rotatable bonds is 6. The Morgan fingerprint density at radius 1 is 1.35 bits per heavy atom. The summed E-state index contributed by atoms with van der Waals surface area (Å²) in [5.74, 6) is -0.254. The summed E-state index contributed by atoms with van der Waals surface area (Å²) in [6.07, 6.45) is 2.20. The highest BCUT2D eigenvalue weighted by molar-refractivity contribution is 6.74. The lowest BCUT2D eigenvalue weighted by Gasteiger charge is -2.39. The molecule has 31 heavy (non-hydrogen) atoms. The molecule has 0 spiro atoms. The number of carbonyl (C=O) groups excluding carboxylic acids is 1. The van der Waals surface area contributed by atoms with Gasteiger partial charge in [0.25, 0.3) is 0 Å². The van der Waals surface area contributed by atoms with Gasteiger partial charge in [0.15, 0.2) is 26.0 Å². The van der Waals surface area contributed by atoms with Crippen molar-refractivity contribution >= 4 is 31.3 Å². The number of fused-ring (bicyclic) bond motifs is 1. The minimum absolute atomic E-state index is 0.0898. The number of nitrogen functional groups attached to an aromatic ring is 1. The molecule has 0 bridgehead atoms. The second-order valence-electron chi connectivity index (χ2n) is 8.98. The van der Waals surface area contributed by atoms with Crippen LogP contribution < -0.4 is 5.73 Å². The maximum atomic E-state index is 12.3. The van der Waals surface area contributed by atoms with Gasteiger partial charge in [0.05, 0.1) is 19.5 Å². The fraction of sp³-hybridized carbons (Fsp3) is 0.600. The molecule has 3 heterocycles. The molecule has 11 heteroatoms. The maximum absolute atomic E-state index is 12.3. The number of aromatic nitrogens is 4. The summed E-state index contributed by atoms with van der Waals surface area (Å²) in [4.78, 5) is 24.9. The van der Waals surface area contributed by atoms with E-state index in [1.165, 1.54) is 12.4 Å². The number of aliphatic hydroxyl groups excluding tert-OH is 1. The molecular formula is C20H31N5O5Si. The first-order valence-corrected chi connectivity index (χ1v) is 13.2. The van der Waals surface area contributed by atoms with Gasteiger partial charge in [-0.2, -0.15) is 0 Å². The zero-order valence-corrected chi connectivity index (χ0v) is 19.8. The zero-order valence-electron chi connectivity index (χ0n) is 18.8. The van der Waals surface area contributed by atoms with Crippen molar-refractivity contribution in [2.24, 2.45) is 0 Å². The summed E-state index contributed by atoms with van der Waals surface area (Å²) >= 11 is 0. The number of nitrogens with zero attached hydrogens (tertiary/aromatic N) is 4. The van der Waals surface area contributed by atoms with Crippen molar-refractivity contribution in [3.05, 3.63) is 24.3 Å². The molecule has 0 aliphatic carbocycles. The summed E-state index contributed by atoms with van der Waals surface area (Å²) < 4.78 is 19.7. The Morgan fingerprint density at radius 3 is 2.68 bits per heavy atom. The third-order valence-electron chi connectivity index (χ3n) is 5.89. The van der Waals surface area contributed by atoms with Crippen LogP contribution in [0.4, 0.5) is 5.82 Å². The highest BCUT2D eigenvalue weighted by atomic mass is 28.4. The number of hydrogen-bond acceptors (Lipinski definition) is 9. The molecule has 1 saturated heterocycles. The van der Waals surface area contributed by atoms with Gasteiger partial charge in [-0.05, 0) is 30.6 Å². The summed E-state index contributed by atoms with van der Waals surface area (Å²) in [7, 11) is -2.30. The van der Waals surface area contributed by atoms with E-state index in [-0.39, 0.29) is 24.1 Å². The Morgan fingerprint density at radius 2 is 2.06 bits per heavy atom. The van der Waals surface area contributed by atoms with Gasteiger partial charge in [0.1, 0.15) is 24.1 Å². The minimum atomic E-state index is -2.30. The highest BCUT2D eigenvalue weighted by Crippen LogP contribution is 2.44. The molecule has 1 aliphatic heterocycles. The van der Waals surface area contributed by atoms with E-state index >= 15 is 0 Å². The number of ether oxygens (including phenoxy) is 2. The second-order valence-corrected chi connectivity index (χ2v) is 13.7. The summed E-state index contributed by atoms with van der Waals surface area (Å²) in [6, 6.07) is 0. The van der Waals surface area contributed by atoms with E-state index in [2.05, 4.69) is 48.8 Å². The van der Waals surface area contributed by atoms with Crippen LogP contribution in [-0.4, -0.2) is 64.3 Å². The number of esters is 1. The number of imidazole rings is 1. The van der Waals surface area contributed by atoms with Crippen LogP contribution in [0.25, 0.3) is 11.2 Å². The van der Waals surface area contributed by atoms with Crippen LogP contribution in [-0.2, 0) is 18.7 Å².